The van der Waals surface area contributed by atoms with Crippen molar-refractivity contribution in [1.82, 2.24) is 4.98 Å². The second-order valence-electron chi connectivity index (χ2n) is 5.93. The number of aromatic nitrogens is 1. The maximum Gasteiger partial charge on any atom is 0.127 e. The first kappa shape index (κ1) is 18.9. The summed E-state index contributed by atoms with van der Waals surface area (Å²) >= 11 is 1.62. The fourth-order valence-corrected chi connectivity index (χ4v) is 3.37. The molecular formula is C21H23N3O2S. The Morgan fingerprint density at radius 3 is 2.04 bits per heavy atom. The molecule has 2 aromatic carbocycles. The number of nitrogen functional groups attached to an aromatic ring is 1. The smallest absolute Gasteiger partial charge is 0.127 e. The molecule has 6 heteroatoms. The number of thioether (sulfide) groups is 1. The molecular weight excluding hydrogens is 358 g/mol. The van der Waals surface area contributed by atoms with Crippen LogP contribution in [0.3, 0.4) is 0 Å². The Labute approximate surface area is 163 Å². The highest BCUT2D eigenvalue weighted by Crippen LogP contribution is 2.28. The normalized spacial score (nSPS) is 10.4. The molecule has 0 radical (unpaired) electrons. The zero-order valence-corrected chi connectivity index (χ0v) is 16.3. The maximum atomic E-state index is 6.09. The predicted molar refractivity (Wildman–Crippen MR) is 112 cm³/mol. The first-order valence-electron chi connectivity index (χ1n) is 8.57. The number of hydrogen-bond acceptors (Lipinski definition) is 6. The Hall–Kier alpha value is -2.86. The summed E-state index contributed by atoms with van der Waals surface area (Å²) < 4.78 is 10.4. The molecule has 3 rings (SSSR count). The number of pyridine rings is 1. The van der Waals surface area contributed by atoms with Crippen LogP contribution in [-0.2, 0) is 12.3 Å². The van der Waals surface area contributed by atoms with Gasteiger partial charge in [0.1, 0.15) is 22.3 Å². The Bertz CT molecular complexity index is 868. The van der Waals surface area contributed by atoms with Gasteiger partial charge >= 0.3 is 0 Å². The average Bonchev–Trinajstić information content (AvgIpc) is 2.73. The van der Waals surface area contributed by atoms with E-state index < -0.39 is 0 Å². The third-order valence-electron chi connectivity index (χ3n) is 4.06. The van der Waals surface area contributed by atoms with E-state index in [1.807, 2.05) is 60.7 Å². The van der Waals surface area contributed by atoms with Gasteiger partial charge < -0.3 is 20.5 Å². The molecule has 0 saturated heterocycles. The molecule has 1 heterocycles. The highest BCUT2D eigenvalue weighted by molar-refractivity contribution is 7.98. The number of nitrogens with zero attached hydrogens (tertiary/aromatic N) is 1. The van der Waals surface area contributed by atoms with Crippen molar-refractivity contribution in [3.8, 4) is 11.5 Å². The lowest BCUT2D eigenvalue weighted by atomic mass is 10.2. The topological polar surface area (TPSA) is 69.4 Å². The molecule has 0 unspecified atom stereocenters. The van der Waals surface area contributed by atoms with Crippen LogP contribution >= 0.6 is 11.8 Å². The standard InChI is InChI=1S/C21H23N3O2S/c1-25-17-7-3-15(4-8-17)13-23-20-12-11-19(22)21(24-20)27-14-16-5-9-18(26-2)10-6-16/h3-12H,13-14,22H2,1-2H3,(H,23,24). The van der Waals surface area contributed by atoms with E-state index in [-0.39, 0.29) is 0 Å². The van der Waals surface area contributed by atoms with Crippen LogP contribution in [0.15, 0.2) is 65.7 Å². The van der Waals surface area contributed by atoms with Crippen molar-refractivity contribution < 1.29 is 9.47 Å². The number of nitrogens with one attached hydrogen (secondary N) is 1. The van der Waals surface area contributed by atoms with Gasteiger partial charge in [-0.05, 0) is 47.5 Å². The van der Waals surface area contributed by atoms with E-state index in [1.54, 1.807) is 26.0 Å². The van der Waals surface area contributed by atoms with Crippen LogP contribution in [0.5, 0.6) is 11.5 Å². The third kappa shape index (κ3) is 5.31. The quantitative estimate of drug-likeness (QED) is 0.557. The van der Waals surface area contributed by atoms with Gasteiger partial charge in [-0.15, -0.1) is 0 Å². The SMILES string of the molecule is COc1ccc(CNc2ccc(N)c(SCc3ccc(OC)cc3)n2)cc1. The largest absolute Gasteiger partial charge is 0.497 e. The lowest BCUT2D eigenvalue weighted by molar-refractivity contribution is 0.414. The molecule has 27 heavy (non-hydrogen) atoms. The molecule has 0 saturated carbocycles. The lowest BCUT2D eigenvalue weighted by Crippen LogP contribution is -2.03. The molecule has 0 bridgehead atoms. The van der Waals surface area contributed by atoms with Crippen molar-refractivity contribution >= 4 is 23.3 Å². The minimum absolute atomic E-state index is 0.684. The number of hydrogen-bond donors (Lipinski definition) is 2. The van der Waals surface area contributed by atoms with E-state index >= 15 is 0 Å². The van der Waals surface area contributed by atoms with E-state index in [2.05, 4.69) is 10.3 Å². The van der Waals surface area contributed by atoms with Gasteiger partial charge in [0, 0.05) is 12.3 Å². The van der Waals surface area contributed by atoms with Gasteiger partial charge in [-0.25, -0.2) is 4.98 Å². The minimum Gasteiger partial charge on any atom is -0.497 e. The Kier molecular flexibility index (Phi) is 6.44. The first-order chi connectivity index (χ1) is 13.2. The van der Waals surface area contributed by atoms with Crippen LogP contribution in [0.25, 0.3) is 0 Å². The zero-order chi connectivity index (χ0) is 19.1. The summed E-state index contributed by atoms with van der Waals surface area (Å²) in [4.78, 5) is 4.65. The summed E-state index contributed by atoms with van der Waals surface area (Å²) in [7, 11) is 3.33. The van der Waals surface area contributed by atoms with Gasteiger partial charge in [0.25, 0.3) is 0 Å². The molecule has 0 amide bonds. The summed E-state index contributed by atoms with van der Waals surface area (Å²) in [5.74, 6) is 3.30. The summed E-state index contributed by atoms with van der Waals surface area (Å²) in [5.41, 5.74) is 9.12. The number of nitrogens with two attached hydrogens (primary N) is 1. The van der Waals surface area contributed by atoms with Crippen molar-refractivity contribution in [2.45, 2.75) is 17.3 Å². The summed E-state index contributed by atoms with van der Waals surface area (Å²) in [6.45, 7) is 0.684. The molecule has 0 spiro atoms. The van der Waals surface area contributed by atoms with E-state index in [0.717, 1.165) is 33.7 Å². The molecule has 0 aliphatic carbocycles. The van der Waals surface area contributed by atoms with Crippen LogP contribution in [0, 0.1) is 0 Å². The number of ether oxygens (including phenoxy) is 2. The third-order valence-corrected chi connectivity index (χ3v) is 5.14. The van der Waals surface area contributed by atoms with Crippen LogP contribution in [0.4, 0.5) is 11.5 Å². The van der Waals surface area contributed by atoms with Crippen molar-refractivity contribution in [1.29, 1.82) is 0 Å². The fourth-order valence-electron chi connectivity index (χ4n) is 2.47. The summed E-state index contributed by atoms with van der Waals surface area (Å²) in [6, 6.07) is 19.8. The minimum atomic E-state index is 0.684. The summed E-state index contributed by atoms with van der Waals surface area (Å²) in [6.07, 6.45) is 0. The lowest BCUT2D eigenvalue weighted by Gasteiger charge is -2.10. The van der Waals surface area contributed by atoms with E-state index in [9.17, 15) is 0 Å². The zero-order valence-electron chi connectivity index (χ0n) is 15.4. The Morgan fingerprint density at radius 2 is 1.44 bits per heavy atom. The van der Waals surface area contributed by atoms with Crippen LogP contribution in [-0.4, -0.2) is 19.2 Å². The monoisotopic (exact) mass is 381 g/mol. The summed E-state index contributed by atoms with van der Waals surface area (Å²) in [5, 5.41) is 4.17. The van der Waals surface area contributed by atoms with Crippen LogP contribution < -0.4 is 20.5 Å². The van der Waals surface area contributed by atoms with Gasteiger partial charge in [-0.1, -0.05) is 36.0 Å². The highest BCUT2D eigenvalue weighted by Gasteiger charge is 2.06. The van der Waals surface area contributed by atoms with Crippen molar-refractivity contribution in [2.24, 2.45) is 0 Å². The number of methoxy groups -OCH3 is 2. The highest BCUT2D eigenvalue weighted by atomic mass is 32.2. The molecule has 0 fully saturated rings. The molecule has 5 nitrogen and oxygen atoms in total. The molecule has 0 aliphatic rings. The first-order valence-corrected chi connectivity index (χ1v) is 9.55. The van der Waals surface area contributed by atoms with Gasteiger partial charge in [0.05, 0.1) is 19.9 Å². The molecule has 3 aromatic rings. The number of anilines is 2. The van der Waals surface area contributed by atoms with Crippen molar-refractivity contribution in [3.05, 3.63) is 71.8 Å². The number of rotatable bonds is 8. The van der Waals surface area contributed by atoms with Gasteiger partial charge in [0.2, 0.25) is 0 Å². The van der Waals surface area contributed by atoms with E-state index in [4.69, 9.17) is 15.2 Å². The Balaban J connectivity index is 1.60. The molecule has 140 valence electrons. The second kappa shape index (κ2) is 9.19. The van der Waals surface area contributed by atoms with Gasteiger partial charge in [-0.2, -0.15) is 0 Å². The maximum absolute atomic E-state index is 6.09. The molecule has 0 aliphatic heterocycles. The molecule has 3 N–H and O–H groups in total. The second-order valence-corrected chi connectivity index (χ2v) is 6.89. The predicted octanol–water partition coefficient (Wildman–Crippen LogP) is 4.59. The van der Waals surface area contributed by atoms with Crippen molar-refractivity contribution in [3.63, 3.8) is 0 Å². The van der Waals surface area contributed by atoms with E-state index in [1.165, 1.54) is 5.56 Å². The Morgan fingerprint density at radius 1 is 0.852 bits per heavy atom. The van der Waals surface area contributed by atoms with E-state index in [0.29, 0.717) is 12.2 Å². The van der Waals surface area contributed by atoms with Crippen LogP contribution in [0.1, 0.15) is 11.1 Å². The van der Waals surface area contributed by atoms with Gasteiger partial charge in [0.15, 0.2) is 0 Å². The van der Waals surface area contributed by atoms with Gasteiger partial charge in [-0.3, -0.25) is 0 Å². The molecule has 1 aromatic heterocycles. The van der Waals surface area contributed by atoms with Crippen LogP contribution in [0.2, 0.25) is 0 Å². The fraction of sp³-hybridized carbons (Fsp3) is 0.190. The van der Waals surface area contributed by atoms with Crippen molar-refractivity contribution in [2.75, 3.05) is 25.3 Å². The average molecular weight is 382 g/mol. The number of benzene rings is 2. The molecule has 0 atom stereocenters.